The maximum absolute atomic E-state index is 11.2. The molecule has 42 heavy (non-hydrogen) atoms. The summed E-state index contributed by atoms with van der Waals surface area (Å²) in [6.07, 6.45) is 19.6. The van der Waals surface area contributed by atoms with Crippen LogP contribution >= 0.6 is 0 Å². The van der Waals surface area contributed by atoms with Crippen LogP contribution in [0.15, 0.2) is 96.8 Å². The van der Waals surface area contributed by atoms with Crippen LogP contribution in [0.3, 0.4) is 0 Å². The Kier molecular flexibility index (Phi) is 10.1. The highest BCUT2D eigenvalue weighted by atomic mass is 32.2. The fourth-order valence-corrected chi connectivity index (χ4v) is 6.89. The van der Waals surface area contributed by atoms with Gasteiger partial charge in [0.15, 0.2) is 5.71 Å². The largest absolute Gasteiger partial charge is 0.344 e. The van der Waals surface area contributed by atoms with Crippen LogP contribution in [0.4, 0.5) is 11.4 Å². The number of rotatable bonds is 13. The van der Waals surface area contributed by atoms with Crippen LogP contribution in [0.1, 0.15) is 77.8 Å². The van der Waals surface area contributed by atoms with Gasteiger partial charge in [0.05, 0.1) is 11.2 Å². The quantitative estimate of drug-likeness (QED) is 0.111. The SMILES string of the molecule is CCCCCN1/C(=C/C=C/C=C/C=C/C2=[N+](CCCCS(=O)(=O)O)c3ccccc3C2(C)C)C(C)(C)c2ccccc21. The third-order valence-corrected chi connectivity index (χ3v) is 9.38. The number of anilines is 1. The number of nitrogens with zero attached hydrogens (tertiary/aromatic N) is 2. The molecule has 2 aromatic carbocycles. The van der Waals surface area contributed by atoms with E-state index in [4.69, 9.17) is 4.55 Å². The molecule has 0 bridgehead atoms. The molecule has 0 fully saturated rings. The van der Waals surface area contributed by atoms with Crippen molar-refractivity contribution in [3.8, 4) is 0 Å². The second kappa shape index (κ2) is 13.4. The van der Waals surface area contributed by atoms with Gasteiger partial charge in [0.25, 0.3) is 10.1 Å². The molecule has 224 valence electrons. The van der Waals surface area contributed by atoms with Gasteiger partial charge in [-0.3, -0.25) is 4.55 Å². The van der Waals surface area contributed by atoms with E-state index in [0.717, 1.165) is 12.2 Å². The van der Waals surface area contributed by atoms with E-state index in [1.165, 1.54) is 47.5 Å². The molecule has 0 spiro atoms. The maximum atomic E-state index is 11.2. The Morgan fingerprint density at radius 3 is 2.21 bits per heavy atom. The molecule has 5 nitrogen and oxygen atoms in total. The molecule has 0 aromatic heterocycles. The van der Waals surface area contributed by atoms with Gasteiger partial charge in [-0.05, 0) is 44.4 Å². The van der Waals surface area contributed by atoms with Gasteiger partial charge in [0, 0.05) is 47.5 Å². The summed E-state index contributed by atoms with van der Waals surface area (Å²) in [7, 11) is -3.94. The van der Waals surface area contributed by atoms with Crippen molar-refractivity contribution in [3.63, 3.8) is 0 Å². The van der Waals surface area contributed by atoms with Gasteiger partial charge >= 0.3 is 0 Å². The predicted molar refractivity (Wildman–Crippen MR) is 177 cm³/mol. The number of hydrogen-bond acceptors (Lipinski definition) is 3. The minimum absolute atomic E-state index is 0.0404. The lowest BCUT2D eigenvalue weighted by atomic mass is 9.81. The lowest BCUT2D eigenvalue weighted by molar-refractivity contribution is -0.438. The number of benzene rings is 2. The molecule has 1 N–H and O–H groups in total. The number of allylic oxidation sites excluding steroid dienone is 8. The van der Waals surface area contributed by atoms with E-state index in [0.29, 0.717) is 19.4 Å². The van der Waals surface area contributed by atoms with Crippen molar-refractivity contribution in [1.82, 2.24) is 0 Å². The number of unbranched alkanes of at least 4 members (excludes halogenated alkanes) is 3. The lowest BCUT2D eigenvalue weighted by Gasteiger charge is -2.27. The van der Waals surface area contributed by atoms with Crippen molar-refractivity contribution in [2.75, 3.05) is 23.7 Å². The van der Waals surface area contributed by atoms with Gasteiger partial charge in [-0.2, -0.15) is 13.0 Å². The zero-order chi connectivity index (χ0) is 30.4. The Morgan fingerprint density at radius 1 is 0.810 bits per heavy atom. The molecule has 2 aliphatic heterocycles. The summed E-state index contributed by atoms with van der Waals surface area (Å²) in [5.74, 6) is -0.206. The second-order valence-electron chi connectivity index (χ2n) is 12.4. The highest BCUT2D eigenvalue weighted by molar-refractivity contribution is 7.85. The topological polar surface area (TPSA) is 60.6 Å². The molecule has 2 aromatic rings. The smallest absolute Gasteiger partial charge is 0.264 e. The molecule has 0 aliphatic carbocycles. The van der Waals surface area contributed by atoms with Gasteiger partial charge < -0.3 is 4.90 Å². The normalized spacial score (nSPS) is 18.7. The third kappa shape index (κ3) is 7.04. The summed E-state index contributed by atoms with van der Waals surface area (Å²) in [4.78, 5) is 2.50. The number of fused-ring (bicyclic) bond motifs is 2. The van der Waals surface area contributed by atoms with Gasteiger partial charge in [-0.25, -0.2) is 0 Å². The molecule has 6 heteroatoms. The summed E-state index contributed by atoms with van der Waals surface area (Å²) in [5, 5.41) is 0. The van der Waals surface area contributed by atoms with Gasteiger partial charge in [-0.15, -0.1) is 0 Å². The van der Waals surface area contributed by atoms with Crippen LogP contribution in [-0.2, 0) is 20.9 Å². The molecule has 0 radical (unpaired) electrons. The van der Waals surface area contributed by atoms with Crippen molar-refractivity contribution in [1.29, 1.82) is 0 Å². The third-order valence-electron chi connectivity index (χ3n) is 8.57. The fraction of sp³-hybridized carbons (Fsp3) is 0.417. The summed E-state index contributed by atoms with van der Waals surface area (Å²) in [5.41, 5.74) is 7.45. The molecule has 0 unspecified atom stereocenters. The molecule has 0 saturated heterocycles. The van der Waals surface area contributed by atoms with Crippen molar-refractivity contribution >= 4 is 27.2 Å². The lowest BCUT2D eigenvalue weighted by Crippen LogP contribution is -2.28. The first-order valence-corrected chi connectivity index (χ1v) is 16.9. The van der Waals surface area contributed by atoms with Crippen molar-refractivity contribution in [2.24, 2.45) is 0 Å². The van der Waals surface area contributed by atoms with Crippen molar-refractivity contribution in [3.05, 3.63) is 108 Å². The highest BCUT2D eigenvalue weighted by Crippen LogP contribution is 2.47. The summed E-state index contributed by atoms with van der Waals surface area (Å²) in [6.45, 7) is 13.1. The van der Waals surface area contributed by atoms with Crippen LogP contribution in [0.5, 0.6) is 0 Å². The van der Waals surface area contributed by atoms with Gasteiger partial charge in [-0.1, -0.05) is 100 Å². The molecule has 0 saturated carbocycles. The minimum Gasteiger partial charge on any atom is -0.344 e. The first-order valence-electron chi connectivity index (χ1n) is 15.3. The van der Waals surface area contributed by atoms with Crippen LogP contribution in [0, 0.1) is 0 Å². The average Bonchev–Trinajstić information content (AvgIpc) is 3.29. The van der Waals surface area contributed by atoms with Gasteiger partial charge in [0.1, 0.15) is 6.54 Å². The second-order valence-corrected chi connectivity index (χ2v) is 13.9. The average molecular weight is 588 g/mol. The van der Waals surface area contributed by atoms with E-state index >= 15 is 0 Å². The Morgan fingerprint density at radius 2 is 1.48 bits per heavy atom. The van der Waals surface area contributed by atoms with Gasteiger partial charge in [0.2, 0.25) is 5.69 Å². The standard InChI is InChI=1S/C36H46N2O3S/c1-6-7-17-26-37-31-22-15-13-20-29(31)35(2,3)33(37)24-11-9-8-10-12-25-34-36(4,5)30-21-14-16-23-32(30)38(34)27-18-19-28-42(39,40)41/h8-16,20-25H,6-7,17-19,26-28H2,1-5H3/p+1. The van der Waals surface area contributed by atoms with E-state index in [1.54, 1.807) is 0 Å². The summed E-state index contributed by atoms with van der Waals surface area (Å²) >= 11 is 0. The van der Waals surface area contributed by atoms with E-state index in [9.17, 15) is 8.42 Å². The molecule has 0 amide bonds. The van der Waals surface area contributed by atoms with E-state index < -0.39 is 10.1 Å². The van der Waals surface area contributed by atoms with Crippen LogP contribution < -0.4 is 4.90 Å². The molecule has 0 atom stereocenters. The monoisotopic (exact) mass is 587 g/mol. The zero-order valence-electron chi connectivity index (χ0n) is 25.9. The van der Waals surface area contributed by atoms with E-state index in [2.05, 4.69) is 129 Å². The Bertz CT molecular complexity index is 1520. The summed E-state index contributed by atoms with van der Waals surface area (Å²) < 4.78 is 33.8. The zero-order valence-corrected chi connectivity index (χ0v) is 26.7. The minimum atomic E-state index is -3.94. The van der Waals surface area contributed by atoms with Crippen molar-refractivity contribution in [2.45, 2.75) is 77.6 Å². The Balaban J connectivity index is 1.50. The predicted octanol–water partition coefficient (Wildman–Crippen LogP) is 8.27. The highest BCUT2D eigenvalue weighted by Gasteiger charge is 2.43. The van der Waals surface area contributed by atoms with Crippen LogP contribution in [0.2, 0.25) is 0 Å². The number of para-hydroxylation sites is 2. The van der Waals surface area contributed by atoms with E-state index in [1.807, 2.05) is 6.07 Å². The summed E-state index contributed by atoms with van der Waals surface area (Å²) in [6, 6.07) is 17.2. The number of hydrogen-bond donors (Lipinski definition) is 1. The van der Waals surface area contributed by atoms with Crippen LogP contribution in [-0.4, -0.2) is 42.1 Å². The van der Waals surface area contributed by atoms with Crippen molar-refractivity contribution < 1.29 is 17.5 Å². The molecule has 2 aliphatic rings. The van der Waals surface area contributed by atoms with Crippen LogP contribution in [0.25, 0.3) is 0 Å². The molecule has 4 rings (SSSR count). The first kappa shape index (κ1) is 31.7. The Labute approximate surface area is 253 Å². The first-order chi connectivity index (χ1) is 20.0. The Hall–Kier alpha value is -3.22. The molecule has 2 heterocycles. The fourth-order valence-electron chi connectivity index (χ4n) is 6.32. The van der Waals surface area contributed by atoms with E-state index in [-0.39, 0.29) is 16.6 Å². The maximum Gasteiger partial charge on any atom is 0.264 e. The molecular formula is C36H47N2O3S+. The molecular weight excluding hydrogens is 540 g/mol.